The number of nitrogens with one attached hydrogen (secondary N) is 1. The topological polar surface area (TPSA) is 104 Å². The Labute approximate surface area is 212 Å². The van der Waals surface area contributed by atoms with Crippen LogP contribution in [-0.2, 0) is 17.8 Å². The molecule has 4 heterocycles. The highest BCUT2D eigenvalue weighted by Gasteiger charge is 2.20. The van der Waals surface area contributed by atoms with Gasteiger partial charge in [0.2, 0.25) is 0 Å². The first-order chi connectivity index (χ1) is 17.6. The molecule has 1 aliphatic rings. The Hall–Kier alpha value is -3.02. The summed E-state index contributed by atoms with van der Waals surface area (Å²) in [7, 11) is 1.63. The number of rotatable bonds is 10. The van der Waals surface area contributed by atoms with Crippen LogP contribution in [-0.4, -0.2) is 77.5 Å². The van der Waals surface area contributed by atoms with Crippen molar-refractivity contribution in [1.29, 1.82) is 0 Å². The minimum atomic E-state index is -0.558. The molecule has 0 radical (unpaired) electrons. The lowest BCUT2D eigenvalue weighted by Crippen LogP contribution is -2.44. The van der Waals surface area contributed by atoms with Gasteiger partial charge in [0.25, 0.3) is 5.56 Å². The number of aliphatic hydroxyl groups excluding tert-OH is 1. The van der Waals surface area contributed by atoms with Crippen LogP contribution in [0, 0.1) is 0 Å². The number of aliphatic hydroxyl groups is 1. The Morgan fingerprint density at radius 1 is 1.22 bits per heavy atom. The number of nitrogens with zero attached hydrogens (tertiary/aromatic N) is 3. The molecule has 1 saturated heterocycles. The van der Waals surface area contributed by atoms with Crippen LogP contribution in [0.2, 0.25) is 0 Å². The van der Waals surface area contributed by atoms with Crippen LogP contribution in [0.25, 0.3) is 21.3 Å². The van der Waals surface area contributed by atoms with Gasteiger partial charge < -0.3 is 24.0 Å². The molecule has 0 amide bonds. The summed E-state index contributed by atoms with van der Waals surface area (Å²) in [5.41, 5.74) is 1.62. The standard InChI is InChI=1S/C26H30N4O5S/c1-33-20-6-4-18(5-7-20)22-17-36-26-24(22)25(32)27-23(28-26)16-30(15-21-3-2-10-35-21)14-19(31)13-29-8-11-34-12-9-29/h2-7,10,17,19,31H,8-9,11-16H2,1H3,(H,27,28,32). The minimum absolute atomic E-state index is 0.172. The molecule has 36 heavy (non-hydrogen) atoms. The summed E-state index contributed by atoms with van der Waals surface area (Å²) in [6, 6.07) is 11.4. The summed E-state index contributed by atoms with van der Waals surface area (Å²) in [6.45, 7) is 4.86. The number of furan rings is 1. The fraction of sp³-hybridized carbons (Fsp3) is 0.385. The molecule has 5 rings (SSSR count). The highest BCUT2D eigenvalue weighted by molar-refractivity contribution is 7.17. The van der Waals surface area contributed by atoms with Gasteiger partial charge in [-0.25, -0.2) is 4.98 Å². The number of methoxy groups -OCH3 is 1. The van der Waals surface area contributed by atoms with E-state index in [2.05, 4.69) is 9.88 Å². The predicted molar refractivity (Wildman–Crippen MR) is 138 cm³/mol. The number of thiophene rings is 1. The first-order valence-electron chi connectivity index (χ1n) is 12.0. The molecule has 1 aliphatic heterocycles. The van der Waals surface area contributed by atoms with E-state index in [0.717, 1.165) is 35.7 Å². The van der Waals surface area contributed by atoms with Crippen molar-refractivity contribution >= 4 is 21.6 Å². The number of fused-ring (bicyclic) bond motifs is 1. The number of ether oxygens (including phenoxy) is 2. The molecule has 0 saturated carbocycles. The van der Waals surface area contributed by atoms with Gasteiger partial charge in [-0.3, -0.25) is 14.6 Å². The average molecular weight is 511 g/mol. The fourth-order valence-electron chi connectivity index (χ4n) is 4.51. The summed E-state index contributed by atoms with van der Waals surface area (Å²) in [6.07, 6.45) is 1.08. The van der Waals surface area contributed by atoms with Crippen LogP contribution in [0.3, 0.4) is 0 Å². The molecule has 1 atom stereocenters. The SMILES string of the molecule is COc1ccc(-c2csc3nc(CN(Cc4ccco4)CC(O)CN4CCOCC4)[nH]c(=O)c23)cc1. The van der Waals surface area contributed by atoms with E-state index in [-0.39, 0.29) is 5.56 Å². The number of H-pyrrole nitrogens is 1. The van der Waals surface area contributed by atoms with Gasteiger partial charge in [0, 0.05) is 37.1 Å². The molecule has 1 unspecified atom stereocenters. The largest absolute Gasteiger partial charge is 0.497 e. The summed E-state index contributed by atoms with van der Waals surface area (Å²) in [5, 5.41) is 13.4. The van der Waals surface area contributed by atoms with Gasteiger partial charge in [0.15, 0.2) is 0 Å². The van der Waals surface area contributed by atoms with E-state index >= 15 is 0 Å². The smallest absolute Gasteiger partial charge is 0.260 e. The average Bonchev–Trinajstić information content (AvgIpc) is 3.55. The Morgan fingerprint density at radius 2 is 2.03 bits per heavy atom. The van der Waals surface area contributed by atoms with Crippen molar-refractivity contribution in [2.45, 2.75) is 19.2 Å². The molecule has 4 aromatic rings. The lowest BCUT2D eigenvalue weighted by Gasteiger charge is -2.30. The number of aromatic nitrogens is 2. The maximum Gasteiger partial charge on any atom is 0.260 e. The molecule has 1 aromatic carbocycles. The van der Waals surface area contributed by atoms with E-state index < -0.39 is 6.10 Å². The molecule has 0 bridgehead atoms. The van der Waals surface area contributed by atoms with Crippen molar-refractivity contribution in [3.05, 3.63) is 70.0 Å². The first kappa shape index (κ1) is 24.7. The number of hydrogen-bond donors (Lipinski definition) is 2. The molecule has 3 aromatic heterocycles. The zero-order chi connectivity index (χ0) is 24.9. The van der Waals surface area contributed by atoms with Crippen molar-refractivity contribution in [3.63, 3.8) is 0 Å². The fourth-order valence-corrected chi connectivity index (χ4v) is 5.48. The van der Waals surface area contributed by atoms with Gasteiger partial charge in [-0.2, -0.15) is 0 Å². The van der Waals surface area contributed by atoms with Crippen molar-refractivity contribution in [2.75, 3.05) is 46.5 Å². The molecular formula is C26H30N4O5S. The molecule has 10 heteroatoms. The highest BCUT2D eigenvalue weighted by atomic mass is 32.1. The Morgan fingerprint density at radius 3 is 2.75 bits per heavy atom. The summed E-state index contributed by atoms with van der Waals surface area (Å²) < 4.78 is 16.2. The number of benzene rings is 1. The van der Waals surface area contributed by atoms with Gasteiger partial charge in [-0.15, -0.1) is 11.3 Å². The zero-order valence-electron chi connectivity index (χ0n) is 20.2. The number of β-amino-alcohol motifs (C(OH)–C–C–N with tert-alkyl or cyclic N) is 1. The maximum atomic E-state index is 13.1. The van der Waals surface area contributed by atoms with E-state index in [4.69, 9.17) is 18.9 Å². The molecule has 9 nitrogen and oxygen atoms in total. The Bertz CT molecular complexity index is 1310. The Balaban J connectivity index is 1.35. The van der Waals surface area contributed by atoms with Crippen molar-refractivity contribution < 1.29 is 19.0 Å². The summed E-state index contributed by atoms with van der Waals surface area (Å²) in [4.78, 5) is 25.8. The number of hydrogen-bond acceptors (Lipinski definition) is 9. The second-order valence-electron chi connectivity index (χ2n) is 8.89. The van der Waals surface area contributed by atoms with E-state index in [0.29, 0.717) is 55.4 Å². The lowest BCUT2D eigenvalue weighted by atomic mass is 10.1. The van der Waals surface area contributed by atoms with E-state index in [1.807, 2.05) is 46.7 Å². The van der Waals surface area contributed by atoms with Crippen LogP contribution in [0.4, 0.5) is 0 Å². The molecule has 190 valence electrons. The third-order valence-corrected chi connectivity index (χ3v) is 7.14. The van der Waals surface area contributed by atoms with Crippen molar-refractivity contribution in [3.8, 4) is 16.9 Å². The second kappa shape index (κ2) is 11.4. The molecular weight excluding hydrogens is 480 g/mol. The van der Waals surface area contributed by atoms with Gasteiger partial charge in [0.05, 0.1) is 51.2 Å². The molecule has 0 aliphatic carbocycles. The van der Waals surface area contributed by atoms with Crippen molar-refractivity contribution in [2.24, 2.45) is 0 Å². The highest BCUT2D eigenvalue weighted by Crippen LogP contribution is 2.31. The van der Waals surface area contributed by atoms with Gasteiger partial charge in [0.1, 0.15) is 22.2 Å². The predicted octanol–water partition coefficient (Wildman–Crippen LogP) is 2.95. The number of aromatic amines is 1. The van der Waals surface area contributed by atoms with Crippen LogP contribution in [0.15, 0.2) is 57.3 Å². The Kier molecular flexibility index (Phi) is 7.78. The monoisotopic (exact) mass is 510 g/mol. The summed E-state index contributed by atoms with van der Waals surface area (Å²) >= 11 is 1.45. The maximum absolute atomic E-state index is 13.1. The quantitative estimate of drug-likeness (QED) is 0.336. The lowest BCUT2D eigenvalue weighted by molar-refractivity contribution is 0.00487. The summed E-state index contributed by atoms with van der Waals surface area (Å²) in [5.74, 6) is 2.11. The third-order valence-electron chi connectivity index (χ3n) is 6.27. The molecule has 2 N–H and O–H groups in total. The van der Waals surface area contributed by atoms with E-state index in [1.165, 1.54) is 11.3 Å². The molecule has 0 spiro atoms. The second-order valence-corrected chi connectivity index (χ2v) is 9.74. The normalized spacial score (nSPS) is 15.5. The van der Waals surface area contributed by atoms with E-state index in [1.54, 1.807) is 13.4 Å². The molecule has 1 fully saturated rings. The van der Waals surface area contributed by atoms with E-state index in [9.17, 15) is 9.90 Å². The van der Waals surface area contributed by atoms with Crippen LogP contribution >= 0.6 is 11.3 Å². The van der Waals surface area contributed by atoms with Crippen LogP contribution in [0.1, 0.15) is 11.6 Å². The van der Waals surface area contributed by atoms with Gasteiger partial charge >= 0.3 is 0 Å². The first-order valence-corrected chi connectivity index (χ1v) is 12.8. The zero-order valence-corrected chi connectivity index (χ0v) is 21.0. The third kappa shape index (κ3) is 5.85. The van der Waals surface area contributed by atoms with Gasteiger partial charge in [-0.05, 0) is 29.8 Å². The number of morpholine rings is 1. The van der Waals surface area contributed by atoms with Crippen LogP contribution < -0.4 is 10.3 Å². The van der Waals surface area contributed by atoms with Crippen LogP contribution in [0.5, 0.6) is 5.75 Å². The van der Waals surface area contributed by atoms with Gasteiger partial charge in [-0.1, -0.05) is 12.1 Å². The minimum Gasteiger partial charge on any atom is -0.497 e. The van der Waals surface area contributed by atoms with Crippen molar-refractivity contribution in [1.82, 2.24) is 19.8 Å².